The van der Waals surface area contributed by atoms with E-state index in [0.29, 0.717) is 19.5 Å². The fraction of sp³-hybridized carbons (Fsp3) is 0.286. The Morgan fingerprint density at radius 1 is 0.892 bits per heavy atom. The molecule has 192 valence electrons. The Hall–Kier alpha value is -3.14. The second-order valence-electron chi connectivity index (χ2n) is 10.1. The van der Waals surface area contributed by atoms with Crippen molar-refractivity contribution in [3.05, 3.63) is 107 Å². The van der Waals surface area contributed by atoms with E-state index in [4.69, 9.17) is 0 Å². The van der Waals surface area contributed by atoms with Gasteiger partial charge in [0.2, 0.25) is 10.0 Å². The lowest BCUT2D eigenvalue weighted by Gasteiger charge is -2.43. The monoisotopic (exact) mass is 535 g/mol. The zero-order valence-corrected chi connectivity index (χ0v) is 22.4. The van der Waals surface area contributed by atoms with Gasteiger partial charge in [0.15, 0.2) is 0 Å². The zero-order chi connectivity index (χ0) is 26.0. The number of anilines is 1. The normalized spacial score (nSPS) is 23.4. The molecule has 3 aromatic carbocycles. The molecule has 0 N–H and O–H groups in total. The maximum absolute atomic E-state index is 14.2. The van der Waals surface area contributed by atoms with Crippen molar-refractivity contribution in [1.82, 2.24) is 8.61 Å². The number of para-hydroxylation sites is 1. The number of nitrogens with zero attached hydrogens (tertiary/aromatic N) is 3. The third-order valence-corrected chi connectivity index (χ3v) is 10.9. The van der Waals surface area contributed by atoms with Crippen molar-refractivity contribution in [2.45, 2.75) is 36.4 Å². The number of sulfonamides is 2. The third kappa shape index (κ3) is 3.71. The van der Waals surface area contributed by atoms with Gasteiger partial charge in [-0.05, 0) is 48.2 Å². The summed E-state index contributed by atoms with van der Waals surface area (Å²) in [4.78, 5) is 2.40. The molecule has 0 aliphatic carbocycles. The van der Waals surface area contributed by atoms with Crippen molar-refractivity contribution in [2.75, 3.05) is 24.2 Å². The first-order chi connectivity index (χ1) is 17.6. The second kappa shape index (κ2) is 8.44. The lowest BCUT2D eigenvalue weighted by atomic mass is 9.71. The summed E-state index contributed by atoms with van der Waals surface area (Å²) in [5.74, 6) is 0. The minimum Gasteiger partial charge on any atom is -0.345 e. The van der Waals surface area contributed by atoms with Crippen molar-refractivity contribution in [1.29, 1.82) is 0 Å². The fourth-order valence-electron chi connectivity index (χ4n) is 6.11. The summed E-state index contributed by atoms with van der Waals surface area (Å²) in [5, 5.41) is 0. The van der Waals surface area contributed by atoms with Crippen LogP contribution in [0.5, 0.6) is 0 Å². The highest BCUT2D eigenvalue weighted by atomic mass is 32.2. The summed E-state index contributed by atoms with van der Waals surface area (Å²) in [6.45, 7) is 2.95. The summed E-state index contributed by atoms with van der Waals surface area (Å²) in [6, 6.07) is 25.0. The van der Waals surface area contributed by atoms with E-state index in [1.54, 1.807) is 30.5 Å². The first-order valence-electron chi connectivity index (χ1n) is 12.3. The molecule has 6 rings (SSSR count). The molecule has 1 fully saturated rings. The largest absolute Gasteiger partial charge is 0.345 e. The van der Waals surface area contributed by atoms with E-state index in [2.05, 4.69) is 11.0 Å². The van der Waals surface area contributed by atoms with Crippen LogP contribution in [0.15, 0.2) is 95.5 Å². The highest BCUT2D eigenvalue weighted by Crippen LogP contribution is 2.58. The maximum atomic E-state index is 14.2. The van der Waals surface area contributed by atoms with Crippen molar-refractivity contribution in [3.8, 4) is 0 Å². The Balaban J connectivity index is 1.54. The van der Waals surface area contributed by atoms with Gasteiger partial charge in [-0.15, -0.1) is 0 Å². The summed E-state index contributed by atoms with van der Waals surface area (Å²) in [7, 11) is -7.36. The van der Waals surface area contributed by atoms with Gasteiger partial charge in [0.1, 0.15) is 6.17 Å². The Labute approximate surface area is 218 Å². The quantitative estimate of drug-likeness (QED) is 0.496. The number of rotatable bonds is 5. The Kier molecular flexibility index (Phi) is 5.52. The maximum Gasteiger partial charge on any atom is 0.265 e. The predicted molar refractivity (Wildman–Crippen MR) is 144 cm³/mol. The van der Waals surface area contributed by atoms with Crippen molar-refractivity contribution in [2.24, 2.45) is 0 Å². The Morgan fingerprint density at radius 3 is 2.27 bits per heavy atom. The fourth-order valence-corrected chi connectivity index (χ4v) is 8.46. The molecule has 0 amide bonds. The zero-order valence-electron chi connectivity index (χ0n) is 20.8. The summed E-state index contributed by atoms with van der Waals surface area (Å²) in [5.41, 5.74) is 4.27. The van der Waals surface area contributed by atoms with E-state index in [1.807, 2.05) is 55.5 Å². The predicted octanol–water partition coefficient (Wildman–Crippen LogP) is 3.83. The van der Waals surface area contributed by atoms with E-state index in [9.17, 15) is 16.8 Å². The van der Waals surface area contributed by atoms with E-state index >= 15 is 0 Å². The molecule has 9 heteroatoms. The van der Waals surface area contributed by atoms with E-state index in [-0.39, 0.29) is 11.4 Å². The van der Waals surface area contributed by atoms with Gasteiger partial charge in [-0.3, -0.25) is 4.31 Å². The van der Waals surface area contributed by atoms with Gasteiger partial charge in [-0.2, -0.15) is 4.31 Å². The average molecular weight is 536 g/mol. The standard InChI is InChI=1S/C28H29N3O4S2/c1-21-12-14-24(15-13-21)37(34,35)31-20-23-19-29(36(2,32)33)17-16-28(23)25-10-6-7-11-26(25)30(27(28)31)18-22-8-4-3-5-9-22/h3-15,20,27H,16-19H2,1-2H3/t27-,28+/m1/s1. The van der Waals surface area contributed by atoms with Crippen LogP contribution in [0.25, 0.3) is 0 Å². The average Bonchev–Trinajstić information content (AvgIpc) is 3.35. The Morgan fingerprint density at radius 2 is 1.57 bits per heavy atom. The smallest absolute Gasteiger partial charge is 0.265 e. The number of fused-ring (bicyclic) bond motifs is 1. The highest BCUT2D eigenvalue weighted by Gasteiger charge is 2.62. The molecule has 1 spiro atoms. The van der Waals surface area contributed by atoms with Crippen LogP contribution in [0, 0.1) is 6.92 Å². The van der Waals surface area contributed by atoms with E-state index < -0.39 is 31.6 Å². The van der Waals surface area contributed by atoms with Gasteiger partial charge in [0, 0.05) is 31.5 Å². The summed E-state index contributed by atoms with van der Waals surface area (Å²) in [6.07, 6.45) is 2.88. The molecule has 1 saturated heterocycles. The van der Waals surface area contributed by atoms with Crippen molar-refractivity contribution >= 4 is 25.7 Å². The third-order valence-electron chi connectivity index (χ3n) is 7.89. The van der Waals surface area contributed by atoms with Gasteiger partial charge in [0.05, 0.1) is 16.6 Å². The van der Waals surface area contributed by atoms with Gasteiger partial charge < -0.3 is 4.90 Å². The van der Waals surface area contributed by atoms with Crippen LogP contribution in [0.2, 0.25) is 0 Å². The van der Waals surface area contributed by atoms with Gasteiger partial charge in [-0.25, -0.2) is 16.8 Å². The molecule has 0 saturated carbocycles. The van der Waals surface area contributed by atoms with Crippen LogP contribution in [-0.2, 0) is 32.0 Å². The number of hydrogen-bond donors (Lipinski definition) is 0. The van der Waals surface area contributed by atoms with Crippen molar-refractivity contribution in [3.63, 3.8) is 0 Å². The number of hydrogen-bond acceptors (Lipinski definition) is 5. The molecule has 0 bridgehead atoms. The first-order valence-corrected chi connectivity index (χ1v) is 15.6. The van der Waals surface area contributed by atoms with Crippen LogP contribution in [0.3, 0.4) is 0 Å². The lowest BCUT2D eigenvalue weighted by molar-refractivity contribution is 0.249. The molecule has 37 heavy (non-hydrogen) atoms. The van der Waals surface area contributed by atoms with Crippen molar-refractivity contribution < 1.29 is 16.8 Å². The number of benzene rings is 3. The molecule has 2 atom stereocenters. The van der Waals surface area contributed by atoms with Gasteiger partial charge in [-0.1, -0.05) is 66.2 Å². The van der Waals surface area contributed by atoms with Crippen LogP contribution < -0.4 is 4.90 Å². The van der Waals surface area contributed by atoms with Crippen LogP contribution in [0.4, 0.5) is 5.69 Å². The topological polar surface area (TPSA) is 78.0 Å². The van der Waals surface area contributed by atoms with Gasteiger partial charge in [0.25, 0.3) is 10.0 Å². The molecule has 3 aliphatic heterocycles. The molecular formula is C28H29N3O4S2. The first kappa shape index (κ1) is 24.2. The lowest BCUT2D eigenvalue weighted by Crippen LogP contribution is -2.56. The number of aryl methyl sites for hydroxylation is 1. The summed E-state index contributed by atoms with van der Waals surface area (Å²) < 4.78 is 56.3. The minimum atomic E-state index is -3.92. The van der Waals surface area contributed by atoms with E-state index in [0.717, 1.165) is 28.0 Å². The summed E-state index contributed by atoms with van der Waals surface area (Å²) >= 11 is 0. The molecule has 0 radical (unpaired) electrons. The minimum absolute atomic E-state index is 0.169. The molecule has 7 nitrogen and oxygen atoms in total. The van der Waals surface area contributed by atoms with Crippen LogP contribution in [-0.4, -0.2) is 51.0 Å². The molecule has 3 aromatic rings. The SMILES string of the molecule is Cc1ccc(S(=O)(=O)N2C=C3CN(S(C)(=O)=O)CC[C@@]34c3ccccc3N(Cc3ccccc3)[C@H]24)cc1. The van der Waals surface area contributed by atoms with Crippen LogP contribution >= 0.6 is 0 Å². The number of piperidine rings is 1. The molecular weight excluding hydrogens is 506 g/mol. The van der Waals surface area contributed by atoms with Gasteiger partial charge >= 0.3 is 0 Å². The Bertz CT molecular complexity index is 1600. The highest BCUT2D eigenvalue weighted by molar-refractivity contribution is 7.89. The second-order valence-corrected chi connectivity index (χ2v) is 14.0. The molecule has 3 heterocycles. The molecule has 0 unspecified atom stereocenters. The molecule has 0 aromatic heterocycles. The van der Waals surface area contributed by atoms with E-state index in [1.165, 1.54) is 14.9 Å². The van der Waals surface area contributed by atoms with Crippen LogP contribution in [0.1, 0.15) is 23.1 Å². The molecule has 3 aliphatic rings.